The largest absolute Gasteiger partial charge is 0.491 e. The molecule has 0 aromatic heterocycles. The van der Waals surface area contributed by atoms with Crippen LogP contribution >= 0.6 is 11.6 Å². The molecule has 0 radical (unpaired) electrons. The second kappa shape index (κ2) is 10.5. The Morgan fingerprint density at radius 1 is 1.07 bits per heavy atom. The van der Waals surface area contributed by atoms with Crippen molar-refractivity contribution in [3.63, 3.8) is 0 Å². The number of rotatable bonds is 8. The summed E-state index contributed by atoms with van der Waals surface area (Å²) in [5.74, 6) is 0.882. The van der Waals surface area contributed by atoms with Gasteiger partial charge in [0.2, 0.25) is 0 Å². The highest BCUT2D eigenvalue weighted by molar-refractivity contribution is 6.32. The Kier molecular flexibility index (Phi) is 7.75. The van der Waals surface area contributed by atoms with Gasteiger partial charge < -0.3 is 9.64 Å². The van der Waals surface area contributed by atoms with Crippen LogP contribution in [0.4, 0.5) is 0 Å². The Morgan fingerprint density at radius 3 is 2.43 bits per heavy atom. The van der Waals surface area contributed by atoms with Crippen LogP contribution in [0.15, 0.2) is 54.6 Å². The van der Waals surface area contributed by atoms with Gasteiger partial charge in [-0.15, -0.1) is 0 Å². The molecule has 1 aliphatic heterocycles. The number of hydrogen-bond acceptors (Lipinski definition) is 3. The quantitative estimate of drug-likeness (QED) is 0.641. The van der Waals surface area contributed by atoms with Crippen molar-refractivity contribution < 1.29 is 9.53 Å². The molecule has 150 valence electrons. The lowest BCUT2D eigenvalue weighted by Gasteiger charge is -2.38. The Balaban J connectivity index is 1.50. The van der Waals surface area contributed by atoms with Crippen LogP contribution < -0.4 is 4.74 Å². The summed E-state index contributed by atoms with van der Waals surface area (Å²) in [5, 5.41) is 0.650. The molecule has 1 amide bonds. The van der Waals surface area contributed by atoms with E-state index >= 15 is 0 Å². The molecule has 3 rings (SSSR count). The fraction of sp³-hybridized carbons (Fsp3) is 0.435. The van der Waals surface area contributed by atoms with Crippen LogP contribution in [0.25, 0.3) is 0 Å². The van der Waals surface area contributed by atoms with Gasteiger partial charge >= 0.3 is 0 Å². The average molecular weight is 401 g/mol. The molecule has 0 aliphatic carbocycles. The summed E-state index contributed by atoms with van der Waals surface area (Å²) in [4.78, 5) is 17.1. The molecule has 2 aromatic rings. The third-order valence-electron chi connectivity index (χ3n) is 5.27. The zero-order valence-corrected chi connectivity index (χ0v) is 17.3. The predicted octanol–water partition coefficient (Wildman–Crippen LogP) is 4.74. The lowest BCUT2D eigenvalue weighted by Crippen LogP contribution is -2.48. The van der Waals surface area contributed by atoms with Crippen molar-refractivity contribution in [3.8, 4) is 5.75 Å². The fourth-order valence-electron chi connectivity index (χ4n) is 3.80. The van der Waals surface area contributed by atoms with E-state index in [0.29, 0.717) is 17.7 Å². The number of halogens is 1. The highest BCUT2D eigenvalue weighted by Crippen LogP contribution is 2.23. The van der Waals surface area contributed by atoms with Crippen molar-refractivity contribution in [1.82, 2.24) is 9.80 Å². The molecule has 1 fully saturated rings. The van der Waals surface area contributed by atoms with Crippen LogP contribution in [-0.4, -0.2) is 54.5 Å². The summed E-state index contributed by atoms with van der Waals surface area (Å²) in [6.07, 6.45) is 3.12. The molecule has 0 spiro atoms. The molecule has 0 saturated carbocycles. The topological polar surface area (TPSA) is 32.8 Å². The molecular weight excluding hydrogens is 372 g/mol. The first-order chi connectivity index (χ1) is 13.7. The first-order valence-corrected chi connectivity index (χ1v) is 10.5. The Labute approximate surface area is 173 Å². The van der Waals surface area contributed by atoms with Crippen molar-refractivity contribution >= 4 is 17.5 Å². The molecule has 0 N–H and O–H groups in total. The number of carbonyl (C=O) groups is 1. The van der Waals surface area contributed by atoms with Gasteiger partial charge in [0.1, 0.15) is 12.4 Å². The Hall–Kier alpha value is -2.04. The number of benzene rings is 2. The molecule has 0 atom stereocenters. The number of para-hydroxylation sites is 1. The number of carbonyl (C=O) groups excluding carboxylic acids is 1. The van der Waals surface area contributed by atoms with Crippen LogP contribution in [0.2, 0.25) is 5.02 Å². The van der Waals surface area contributed by atoms with E-state index in [4.69, 9.17) is 16.3 Å². The molecule has 28 heavy (non-hydrogen) atoms. The molecule has 0 bridgehead atoms. The third-order valence-corrected chi connectivity index (χ3v) is 5.58. The SMILES string of the molecule is CCCN(CCOc1ccccc1Cl)C1CCN(C(=O)c2ccccc2)CC1. The van der Waals surface area contributed by atoms with E-state index in [1.165, 1.54) is 0 Å². The summed E-state index contributed by atoms with van der Waals surface area (Å²) in [6.45, 7) is 6.36. The lowest BCUT2D eigenvalue weighted by atomic mass is 10.0. The van der Waals surface area contributed by atoms with Gasteiger partial charge in [0.05, 0.1) is 5.02 Å². The zero-order chi connectivity index (χ0) is 19.8. The Morgan fingerprint density at radius 2 is 1.75 bits per heavy atom. The minimum Gasteiger partial charge on any atom is -0.491 e. The summed E-state index contributed by atoms with van der Waals surface area (Å²) < 4.78 is 5.88. The molecule has 5 heteroatoms. The number of piperidine rings is 1. The molecule has 4 nitrogen and oxygen atoms in total. The summed E-state index contributed by atoms with van der Waals surface area (Å²) in [5.41, 5.74) is 0.777. The maximum atomic E-state index is 12.6. The third kappa shape index (κ3) is 5.49. The second-order valence-corrected chi connectivity index (χ2v) is 7.61. The normalized spacial score (nSPS) is 15.0. The molecule has 0 unspecified atom stereocenters. The van der Waals surface area contributed by atoms with Crippen LogP contribution in [0.1, 0.15) is 36.5 Å². The number of nitrogens with zero attached hydrogens (tertiary/aromatic N) is 2. The first kappa shape index (κ1) is 20.7. The van der Waals surface area contributed by atoms with Crippen LogP contribution in [-0.2, 0) is 0 Å². The standard InChI is InChI=1S/C23H29ClN2O2/c1-2-14-25(17-18-28-22-11-7-6-10-21(22)24)20-12-15-26(16-13-20)23(27)19-8-4-3-5-9-19/h3-11,20H,2,12-18H2,1H3. The number of likely N-dealkylation sites (tertiary alicyclic amines) is 1. The van der Waals surface area contributed by atoms with Gasteiger partial charge in [-0.2, -0.15) is 0 Å². The van der Waals surface area contributed by atoms with Crippen molar-refractivity contribution in [3.05, 3.63) is 65.2 Å². The van der Waals surface area contributed by atoms with Crippen molar-refractivity contribution in [2.75, 3.05) is 32.8 Å². The van der Waals surface area contributed by atoms with E-state index in [0.717, 1.165) is 56.8 Å². The van der Waals surface area contributed by atoms with Gasteiger partial charge in [-0.25, -0.2) is 0 Å². The number of ether oxygens (including phenoxy) is 1. The van der Waals surface area contributed by atoms with E-state index < -0.39 is 0 Å². The molecule has 1 heterocycles. The zero-order valence-electron chi connectivity index (χ0n) is 16.5. The van der Waals surface area contributed by atoms with Crippen molar-refractivity contribution in [1.29, 1.82) is 0 Å². The second-order valence-electron chi connectivity index (χ2n) is 7.20. The Bertz CT molecular complexity index is 745. The molecule has 2 aromatic carbocycles. The maximum Gasteiger partial charge on any atom is 0.253 e. The summed E-state index contributed by atoms with van der Waals surface area (Å²) in [6, 6.07) is 17.6. The van der Waals surface area contributed by atoms with Gasteiger partial charge in [-0.1, -0.05) is 48.9 Å². The maximum absolute atomic E-state index is 12.6. The highest BCUT2D eigenvalue weighted by Gasteiger charge is 2.27. The van der Waals surface area contributed by atoms with E-state index in [1.54, 1.807) is 0 Å². The minimum absolute atomic E-state index is 0.142. The van der Waals surface area contributed by atoms with E-state index in [2.05, 4.69) is 11.8 Å². The predicted molar refractivity (Wildman–Crippen MR) is 114 cm³/mol. The van der Waals surface area contributed by atoms with E-state index in [1.807, 2.05) is 59.5 Å². The van der Waals surface area contributed by atoms with E-state index in [9.17, 15) is 4.79 Å². The highest BCUT2D eigenvalue weighted by atomic mass is 35.5. The number of amides is 1. The van der Waals surface area contributed by atoms with E-state index in [-0.39, 0.29) is 5.91 Å². The molecule has 1 saturated heterocycles. The average Bonchev–Trinajstić information content (AvgIpc) is 2.75. The minimum atomic E-state index is 0.142. The van der Waals surface area contributed by atoms with Gasteiger partial charge in [-0.3, -0.25) is 9.69 Å². The smallest absolute Gasteiger partial charge is 0.253 e. The van der Waals surface area contributed by atoms with Gasteiger partial charge in [0.15, 0.2) is 0 Å². The van der Waals surface area contributed by atoms with Crippen LogP contribution in [0.3, 0.4) is 0 Å². The fourth-order valence-corrected chi connectivity index (χ4v) is 3.99. The summed E-state index contributed by atoms with van der Waals surface area (Å²) >= 11 is 6.17. The van der Waals surface area contributed by atoms with Crippen molar-refractivity contribution in [2.45, 2.75) is 32.2 Å². The lowest BCUT2D eigenvalue weighted by molar-refractivity contribution is 0.0597. The summed E-state index contributed by atoms with van der Waals surface area (Å²) in [7, 11) is 0. The van der Waals surface area contributed by atoms with Crippen molar-refractivity contribution in [2.24, 2.45) is 0 Å². The van der Waals surface area contributed by atoms with Gasteiger partial charge in [-0.05, 0) is 50.1 Å². The first-order valence-electron chi connectivity index (χ1n) is 10.1. The number of hydrogen-bond donors (Lipinski definition) is 0. The molecule has 1 aliphatic rings. The monoisotopic (exact) mass is 400 g/mol. The van der Waals surface area contributed by atoms with Gasteiger partial charge in [0.25, 0.3) is 5.91 Å². The van der Waals surface area contributed by atoms with Crippen LogP contribution in [0, 0.1) is 0 Å². The molecular formula is C23H29ClN2O2. The van der Waals surface area contributed by atoms with Crippen LogP contribution in [0.5, 0.6) is 5.75 Å². The van der Waals surface area contributed by atoms with Gasteiger partial charge in [0, 0.05) is 31.2 Å².